The number of nitrogen functional groups attached to an aromatic ring is 2. The summed E-state index contributed by atoms with van der Waals surface area (Å²) < 4.78 is 48.6. The smallest absolute Gasteiger partial charge is 0.318 e. The van der Waals surface area contributed by atoms with Crippen molar-refractivity contribution in [2.24, 2.45) is 5.41 Å². The molecule has 0 unspecified atom stereocenters. The second-order valence-corrected chi connectivity index (χ2v) is 15.0. The van der Waals surface area contributed by atoms with Crippen LogP contribution < -0.4 is 21.1 Å². The van der Waals surface area contributed by atoms with Crippen molar-refractivity contribution in [3.8, 4) is 12.1 Å². The molecule has 51 heavy (non-hydrogen) atoms. The summed E-state index contributed by atoms with van der Waals surface area (Å²) in [7, 11) is 3.98. The van der Waals surface area contributed by atoms with Crippen molar-refractivity contribution < 1.29 is 17.9 Å². The van der Waals surface area contributed by atoms with Gasteiger partial charge in [-0.2, -0.15) is 24.0 Å². The highest BCUT2D eigenvalue weighted by atomic mass is 19.3. The normalized spacial score (nSPS) is 22.0. The molecule has 2 fully saturated rings. The Bertz CT molecular complexity index is 1900. The molecular weight excluding hydrogens is 655 g/mol. The molecule has 2 atom stereocenters. The monoisotopic (exact) mass is 701 g/mol. The highest BCUT2D eigenvalue weighted by Crippen LogP contribution is 2.51. The second kappa shape index (κ2) is 13.6. The standard InChI is InChI=1S/C38H46F3N9O/c1-23(25-9-5-14-45-34(25)44)49(3)35-28-20-48(2)38(11-4-8-26-29(39)17-30(43)27(19-42)32(26)38)18-31(28)46-36(47-35)51-22-37(12-13-37)21-50-15-6-7-24(10-16-50)33(40)41/h5,9,14,17,23H,4,6-8,10-13,15-16,18,20-22,43H2,1-3H3,(H2,44,45)/t23-,38+/m1/s1. The lowest BCUT2D eigenvalue weighted by molar-refractivity contribution is 0.0712. The van der Waals surface area contributed by atoms with Gasteiger partial charge in [-0.05, 0) is 101 Å². The van der Waals surface area contributed by atoms with Crippen LogP contribution in [0.3, 0.4) is 0 Å². The number of nitriles is 1. The van der Waals surface area contributed by atoms with E-state index in [0.717, 1.165) is 55.6 Å². The fourth-order valence-corrected chi connectivity index (χ4v) is 8.58. The number of likely N-dealkylation sites (tertiary alicyclic amines) is 1. The summed E-state index contributed by atoms with van der Waals surface area (Å²) in [5, 5.41) is 10.3. The number of benzene rings is 1. The Kier molecular flexibility index (Phi) is 9.35. The average Bonchev–Trinajstić information content (AvgIpc) is 3.92. The first-order valence-electron chi connectivity index (χ1n) is 17.9. The predicted molar refractivity (Wildman–Crippen MR) is 190 cm³/mol. The van der Waals surface area contributed by atoms with E-state index >= 15 is 4.39 Å². The molecule has 4 N–H and O–H groups in total. The van der Waals surface area contributed by atoms with Crippen LogP contribution in [0.5, 0.6) is 6.01 Å². The zero-order valence-electron chi connectivity index (χ0n) is 29.6. The first-order chi connectivity index (χ1) is 24.4. The van der Waals surface area contributed by atoms with E-state index in [-0.39, 0.29) is 34.5 Å². The lowest BCUT2D eigenvalue weighted by Gasteiger charge is -2.50. The minimum absolute atomic E-state index is 0.0915. The van der Waals surface area contributed by atoms with Crippen molar-refractivity contribution in [3.63, 3.8) is 0 Å². The first kappa shape index (κ1) is 35.0. The van der Waals surface area contributed by atoms with E-state index < -0.39 is 11.6 Å². The van der Waals surface area contributed by atoms with Gasteiger partial charge in [-0.25, -0.2) is 9.37 Å². The Morgan fingerprint density at radius 3 is 2.65 bits per heavy atom. The van der Waals surface area contributed by atoms with Crippen LogP contribution >= 0.6 is 0 Å². The molecule has 0 bridgehead atoms. The quantitative estimate of drug-likeness (QED) is 0.259. The highest BCUT2D eigenvalue weighted by molar-refractivity contribution is 5.65. The number of nitrogens with zero attached hydrogens (tertiary/aromatic N) is 7. The van der Waals surface area contributed by atoms with Crippen LogP contribution in [0, 0.1) is 22.6 Å². The third-order valence-corrected chi connectivity index (χ3v) is 11.9. The molecule has 4 aliphatic rings. The fourth-order valence-electron chi connectivity index (χ4n) is 8.58. The molecule has 0 amide bonds. The Hall–Kier alpha value is -4.41. The summed E-state index contributed by atoms with van der Waals surface area (Å²) in [6.45, 7) is 5.09. The Morgan fingerprint density at radius 1 is 1.12 bits per heavy atom. The van der Waals surface area contributed by atoms with Gasteiger partial charge < -0.3 is 26.0 Å². The van der Waals surface area contributed by atoms with E-state index in [1.165, 1.54) is 6.07 Å². The van der Waals surface area contributed by atoms with Crippen molar-refractivity contribution in [3.05, 3.63) is 75.4 Å². The van der Waals surface area contributed by atoms with Crippen LogP contribution in [-0.4, -0.2) is 65.1 Å². The van der Waals surface area contributed by atoms with Gasteiger partial charge in [-0.3, -0.25) is 4.90 Å². The number of fused-ring (bicyclic) bond motifs is 3. The molecule has 0 radical (unpaired) electrons. The third-order valence-electron chi connectivity index (χ3n) is 11.9. The summed E-state index contributed by atoms with van der Waals surface area (Å²) in [6.07, 6.45) is 6.08. The van der Waals surface area contributed by atoms with Gasteiger partial charge in [0.15, 0.2) is 0 Å². The van der Waals surface area contributed by atoms with Gasteiger partial charge in [0, 0.05) is 55.8 Å². The van der Waals surface area contributed by atoms with Crippen molar-refractivity contribution in [1.29, 1.82) is 5.26 Å². The van der Waals surface area contributed by atoms with E-state index in [1.807, 2.05) is 33.2 Å². The lowest BCUT2D eigenvalue weighted by Crippen LogP contribution is -2.51. The highest BCUT2D eigenvalue weighted by Gasteiger charge is 2.48. The minimum Gasteiger partial charge on any atom is -0.463 e. The van der Waals surface area contributed by atoms with Gasteiger partial charge in [-0.15, -0.1) is 0 Å². The maximum atomic E-state index is 15.5. The number of hydrogen-bond donors (Lipinski definition) is 2. The second-order valence-electron chi connectivity index (χ2n) is 15.0. The van der Waals surface area contributed by atoms with Gasteiger partial charge >= 0.3 is 6.01 Å². The summed E-state index contributed by atoms with van der Waals surface area (Å²) in [6, 6.07) is 7.44. The van der Waals surface area contributed by atoms with Gasteiger partial charge in [0.1, 0.15) is 23.5 Å². The number of ether oxygens (including phenoxy) is 1. The molecular formula is C38H46F3N9O. The first-order valence-corrected chi connectivity index (χ1v) is 17.9. The lowest BCUT2D eigenvalue weighted by atomic mass is 9.68. The third kappa shape index (κ3) is 6.48. The topological polar surface area (TPSA) is 133 Å². The van der Waals surface area contributed by atoms with Crippen LogP contribution in [0.4, 0.5) is 30.5 Å². The number of hydrogen-bond acceptors (Lipinski definition) is 10. The van der Waals surface area contributed by atoms with Crippen LogP contribution in [0.1, 0.15) is 91.4 Å². The molecule has 1 spiro atoms. The molecule has 3 aromatic rings. The summed E-state index contributed by atoms with van der Waals surface area (Å²) in [4.78, 5) is 20.9. The molecule has 10 nitrogen and oxygen atoms in total. The molecule has 13 heteroatoms. The molecule has 1 saturated heterocycles. The molecule has 2 aliphatic heterocycles. The summed E-state index contributed by atoms with van der Waals surface area (Å²) >= 11 is 0. The van der Waals surface area contributed by atoms with E-state index in [1.54, 1.807) is 6.20 Å². The number of rotatable bonds is 8. The van der Waals surface area contributed by atoms with Gasteiger partial charge in [0.05, 0.1) is 35.1 Å². The number of pyridine rings is 1. The van der Waals surface area contributed by atoms with E-state index in [4.69, 9.17) is 26.2 Å². The molecule has 2 aromatic heterocycles. The predicted octanol–water partition coefficient (Wildman–Crippen LogP) is 6.26. The van der Waals surface area contributed by atoms with Gasteiger partial charge in [-0.1, -0.05) is 6.07 Å². The average molecular weight is 702 g/mol. The maximum Gasteiger partial charge on any atom is 0.318 e. The van der Waals surface area contributed by atoms with Crippen molar-refractivity contribution in [2.45, 2.75) is 82.8 Å². The van der Waals surface area contributed by atoms with Crippen LogP contribution in [-0.2, 0) is 24.9 Å². The fraction of sp³-hybridized carbons (Fsp3) is 0.526. The van der Waals surface area contributed by atoms with E-state index in [0.29, 0.717) is 80.1 Å². The van der Waals surface area contributed by atoms with E-state index in [2.05, 4.69) is 25.8 Å². The van der Waals surface area contributed by atoms with Crippen LogP contribution in [0.15, 0.2) is 36.0 Å². The SMILES string of the molecule is C[C@H](c1cccnc1N)N(C)c1nc(OCC2(CN3CCCC(=C(F)F)CC3)CC2)nc2c1CN(C)[C@@]1(CCCc3c(F)cc(N)c(C#N)c31)C2. The molecule has 1 saturated carbocycles. The number of nitrogens with two attached hydrogens (primary N) is 2. The van der Waals surface area contributed by atoms with Crippen LogP contribution in [0.2, 0.25) is 0 Å². The molecule has 7 rings (SSSR count). The number of aromatic nitrogens is 3. The number of anilines is 3. The van der Waals surface area contributed by atoms with Crippen LogP contribution in [0.25, 0.3) is 0 Å². The summed E-state index contributed by atoms with van der Waals surface area (Å²) in [5.41, 5.74) is 16.3. The Morgan fingerprint density at radius 2 is 1.92 bits per heavy atom. The summed E-state index contributed by atoms with van der Waals surface area (Å²) in [5.74, 6) is 0.763. The largest absolute Gasteiger partial charge is 0.463 e. The maximum absolute atomic E-state index is 15.5. The molecule has 4 heterocycles. The molecule has 2 aliphatic carbocycles. The number of likely N-dealkylation sites (N-methyl/N-ethyl adjacent to an activating group) is 1. The Balaban J connectivity index is 1.24. The molecule has 1 aromatic carbocycles. The zero-order valence-corrected chi connectivity index (χ0v) is 29.6. The van der Waals surface area contributed by atoms with E-state index in [9.17, 15) is 14.0 Å². The zero-order chi connectivity index (χ0) is 36.1. The molecule has 270 valence electrons. The van der Waals surface area contributed by atoms with Gasteiger partial charge in [0.2, 0.25) is 0 Å². The van der Waals surface area contributed by atoms with Crippen molar-refractivity contribution in [2.75, 3.05) is 56.7 Å². The Labute approximate surface area is 297 Å². The van der Waals surface area contributed by atoms with Crippen molar-refractivity contribution >= 4 is 17.3 Å². The minimum atomic E-state index is -1.53. The van der Waals surface area contributed by atoms with Gasteiger partial charge in [0.25, 0.3) is 6.08 Å². The number of halogens is 3. The van der Waals surface area contributed by atoms with Crippen molar-refractivity contribution in [1.82, 2.24) is 24.8 Å².